The van der Waals surface area contributed by atoms with Crippen LogP contribution in [0.15, 0.2) is 42.6 Å². The van der Waals surface area contributed by atoms with E-state index in [1.807, 2.05) is 31.2 Å². The van der Waals surface area contributed by atoms with Crippen LogP contribution in [0, 0.1) is 5.82 Å². The molecule has 0 aliphatic carbocycles. The maximum Gasteiger partial charge on any atom is 0.141 e. The molecular formula is C15H17FN2O. The van der Waals surface area contributed by atoms with Crippen LogP contribution in [0.4, 0.5) is 4.39 Å². The van der Waals surface area contributed by atoms with E-state index in [-0.39, 0.29) is 18.5 Å². The van der Waals surface area contributed by atoms with E-state index >= 15 is 0 Å². The Balaban J connectivity index is 2.00. The third kappa shape index (κ3) is 3.59. The van der Waals surface area contributed by atoms with Crippen molar-refractivity contribution in [3.63, 3.8) is 0 Å². The summed E-state index contributed by atoms with van der Waals surface area (Å²) < 4.78 is 12.8. The van der Waals surface area contributed by atoms with E-state index in [9.17, 15) is 9.50 Å². The number of pyridine rings is 1. The third-order valence-electron chi connectivity index (χ3n) is 3.08. The van der Waals surface area contributed by atoms with Gasteiger partial charge in [-0.2, -0.15) is 0 Å². The predicted molar refractivity (Wildman–Crippen MR) is 71.8 cm³/mol. The number of aliphatic hydroxyl groups is 1. The molecular weight excluding hydrogens is 243 g/mol. The van der Waals surface area contributed by atoms with E-state index in [0.29, 0.717) is 6.54 Å². The normalized spacial score (nSPS) is 12.4. The number of nitrogens with zero attached hydrogens (tertiary/aromatic N) is 1. The molecule has 0 saturated heterocycles. The summed E-state index contributed by atoms with van der Waals surface area (Å²) in [5.74, 6) is -0.332. The van der Waals surface area contributed by atoms with Gasteiger partial charge in [0.2, 0.25) is 0 Å². The second-order valence-corrected chi connectivity index (χ2v) is 4.43. The molecule has 1 aromatic carbocycles. The Hall–Kier alpha value is -1.78. The lowest BCUT2D eigenvalue weighted by atomic mass is 10.1. The van der Waals surface area contributed by atoms with Crippen molar-refractivity contribution < 1.29 is 9.50 Å². The molecule has 1 unspecified atom stereocenters. The van der Waals surface area contributed by atoms with Gasteiger partial charge in [-0.3, -0.25) is 4.98 Å². The molecule has 1 heterocycles. The van der Waals surface area contributed by atoms with E-state index in [1.54, 1.807) is 6.07 Å². The molecule has 3 nitrogen and oxygen atoms in total. The summed E-state index contributed by atoms with van der Waals surface area (Å²) in [5.41, 5.74) is 2.76. The lowest BCUT2D eigenvalue weighted by Gasteiger charge is -2.14. The first-order chi connectivity index (χ1) is 9.20. The average Bonchev–Trinajstić information content (AvgIpc) is 2.45. The molecule has 0 bridgehead atoms. The molecule has 1 atom stereocenters. The molecule has 4 heteroatoms. The van der Waals surface area contributed by atoms with Gasteiger partial charge >= 0.3 is 0 Å². The Labute approximate surface area is 112 Å². The van der Waals surface area contributed by atoms with E-state index in [4.69, 9.17) is 0 Å². The van der Waals surface area contributed by atoms with Gasteiger partial charge in [-0.25, -0.2) is 4.39 Å². The number of hydrogen-bond donors (Lipinski definition) is 2. The molecule has 0 radical (unpaired) electrons. The molecule has 1 aromatic heterocycles. The zero-order valence-corrected chi connectivity index (χ0v) is 10.8. The summed E-state index contributed by atoms with van der Waals surface area (Å²) in [6.45, 7) is 2.64. The van der Waals surface area contributed by atoms with Crippen molar-refractivity contribution in [2.45, 2.75) is 26.1 Å². The summed E-state index contributed by atoms with van der Waals surface area (Å²) in [5, 5.41) is 12.6. The minimum absolute atomic E-state index is 0.0207. The van der Waals surface area contributed by atoms with Crippen LogP contribution in [0.25, 0.3) is 0 Å². The predicted octanol–water partition coefficient (Wildman–Crippen LogP) is 2.56. The lowest BCUT2D eigenvalue weighted by molar-refractivity contribution is 0.280. The maximum absolute atomic E-state index is 12.8. The largest absolute Gasteiger partial charge is 0.392 e. The van der Waals surface area contributed by atoms with E-state index in [1.165, 1.54) is 12.3 Å². The summed E-state index contributed by atoms with van der Waals surface area (Å²) in [6, 6.07) is 10.8. The van der Waals surface area contributed by atoms with Crippen molar-refractivity contribution in [3.8, 4) is 0 Å². The minimum atomic E-state index is -0.332. The summed E-state index contributed by atoms with van der Waals surface area (Å²) in [7, 11) is 0. The molecule has 0 amide bonds. The highest BCUT2D eigenvalue weighted by Crippen LogP contribution is 2.13. The van der Waals surface area contributed by atoms with Gasteiger partial charge < -0.3 is 10.4 Å². The Bertz CT molecular complexity index is 528. The third-order valence-corrected chi connectivity index (χ3v) is 3.08. The van der Waals surface area contributed by atoms with Crippen molar-refractivity contribution in [2.75, 3.05) is 0 Å². The second kappa shape index (κ2) is 6.41. The Morgan fingerprint density at radius 1 is 1.21 bits per heavy atom. The maximum atomic E-state index is 12.8. The van der Waals surface area contributed by atoms with Crippen LogP contribution >= 0.6 is 0 Å². The number of rotatable bonds is 5. The molecule has 0 spiro atoms. The van der Waals surface area contributed by atoms with Gasteiger partial charge in [-0.05, 0) is 30.2 Å². The van der Waals surface area contributed by atoms with Crippen molar-refractivity contribution in [3.05, 3.63) is 65.2 Å². The number of nitrogens with one attached hydrogen (secondary N) is 1. The van der Waals surface area contributed by atoms with Gasteiger partial charge in [0, 0.05) is 12.6 Å². The van der Waals surface area contributed by atoms with Crippen LogP contribution in [-0.4, -0.2) is 10.1 Å². The van der Waals surface area contributed by atoms with Crippen LogP contribution in [0.3, 0.4) is 0 Å². The first kappa shape index (κ1) is 13.6. The summed E-state index contributed by atoms with van der Waals surface area (Å²) >= 11 is 0. The monoisotopic (exact) mass is 260 g/mol. The zero-order chi connectivity index (χ0) is 13.7. The Kier molecular flexibility index (Phi) is 4.60. The van der Waals surface area contributed by atoms with Gasteiger partial charge in [0.25, 0.3) is 0 Å². The highest BCUT2D eigenvalue weighted by molar-refractivity contribution is 5.26. The fraction of sp³-hybridized carbons (Fsp3) is 0.267. The van der Waals surface area contributed by atoms with Crippen LogP contribution in [0.1, 0.15) is 29.8 Å². The second-order valence-electron chi connectivity index (χ2n) is 4.43. The summed E-state index contributed by atoms with van der Waals surface area (Å²) in [4.78, 5) is 4.05. The number of benzene rings is 1. The molecule has 0 fully saturated rings. The zero-order valence-electron chi connectivity index (χ0n) is 10.8. The summed E-state index contributed by atoms with van der Waals surface area (Å²) in [6.07, 6.45) is 1.22. The molecule has 19 heavy (non-hydrogen) atoms. The Morgan fingerprint density at radius 3 is 2.58 bits per heavy atom. The molecule has 0 aliphatic heterocycles. The highest BCUT2D eigenvalue weighted by atomic mass is 19.1. The molecule has 2 aromatic rings. The van der Waals surface area contributed by atoms with Gasteiger partial charge in [0.05, 0.1) is 18.5 Å². The molecule has 2 N–H and O–H groups in total. The van der Waals surface area contributed by atoms with Gasteiger partial charge in [0.15, 0.2) is 0 Å². The number of hydrogen-bond acceptors (Lipinski definition) is 3. The van der Waals surface area contributed by atoms with E-state index in [2.05, 4.69) is 10.3 Å². The first-order valence-electron chi connectivity index (χ1n) is 6.23. The van der Waals surface area contributed by atoms with Crippen molar-refractivity contribution in [2.24, 2.45) is 0 Å². The SMILES string of the molecule is CC(NCc1ccccc1CO)c1ccc(F)cn1. The topological polar surface area (TPSA) is 45.1 Å². The number of aromatic nitrogens is 1. The van der Waals surface area contributed by atoms with Gasteiger partial charge in [-0.1, -0.05) is 24.3 Å². The van der Waals surface area contributed by atoms with E-state index < -0.39 is 0 Å². The smallest absolute Gasteiger partial charge is 0.141 e. The molecule has 100 valence electrons. The molecule has 0 aliphatic rings. The molecule has 2 rings (SSSR count). The van der Waals surface area contributed by atoms with Gasteiger partial charge in [-0.15, -0.1) is 0 Å². The fourth-order valence-corrected chi connectivity index (χ4v) is 1.90. The fourth-order valence-electron chi connectivity index (χ4n) is 1.90. The van der Waals surface area contributed by atoms with Crippen LogP contribution in [0.2, 0.25) is 0 Å². The molecule has 0 saturated carbocycles. The minimum Gasteiger partial charge on any atom is -0.392 e. The van der Waals surface area contributed by atoms with Crippen molar-refractivity contribution in [1.82, 2.24) is 10.3 Å². The first-order valence-corrected chi connectivity index (χ1v) is 6.23. The lowest BCUT2D eigenvalue weighted by Crippen LogP contribution is -2.19. The van der Waals surface area contributed by atoms with Crippen LogP contribution < -0.4 is 5.32 Å². The highest BCUT2D eigenvalue weighted by Gasteiger charge is 2.07. The standard InChI is InChI=1S/C15H17FN2O/c1-11(15-7-6-14(16)9-18-15)17-8-12-4-2-3-5-13(12)10-19/h2-7,9,11,17,19H,8,10H2,1H3. The van der Waals surface area contributed by atoms with Gasteiger partial charge in [0.1, 0.15) is 5.82 Å². The average molecular weight is 260 g/mol. The van der Waals surface area contributed by atoms with Crippen LogP contribution in [0.5, 0.6) is 0 Å². The number of aliphatic hydroxyl groups excluding tert-OH is 1. The van der Waals surface area contributed by atoms with E-state index in [0.717, 1.165) is 16.8 Å². The van der Waals surface area contributed by atoms with Crippen molar-refractivity contribution >= 4 is 0 Å². The number of halogens is 1. The van der Waals surface area contributed by atoms with Crippen LogP contribution in [-0.2, 0) is 13.2 Å². The van der Waals surface area contributed by atoms with Crippen molar-refractivity contribution in [1.29, 1.82) is 0 Å². The quantitative estimate of drug-likeness (QED) is 0.868. The Morgan fingerprint density at radius 2 is 1.95 bits per heavy atom.